The van der Waals surface area contributed by atoms with Gasteiger partial charge in [0.05, 0.1) is 0 Å². The van der Waals surface area contributed by atoms with Crippen LogP contribution in [0.15, 0.2) is 22.0 Å². The van der Waals surface area contributed by atoms with E-state index in [2.05, 4.69) is 26.0 Å². The first-order valence-electron chi connectivity index (χ1n) is 17.5. The third kappa shape index (κ3) is 31.5. The molecule has 0 aliphatic heterocycles. The molecule has 0 fully saturated rings. The van der Waals surface area contributed by atoms with E-state index >= 15 is 0 Å². The molecule has 0 aromatic rings. The fraction of sp³-hybridized carbons (Fsp3) is 0.833. The van der Waals surface area contributed by atoms with Crippen molar-refractivity contribution >= 4 is 23.7 Å². The van der Waals surface area contributed by atoms with Crippen molar-refractivity contribution in [3.63, 3.8) is 0 Å². The van der Waals surface area contributed by atoms with Crippen LogP contribution in [-0.4, -0.2) is 22.2 Å². The molecule has 0 radical (unpaired) electrons. The average Bonchev–Trinajstić information content (AvgIpc) is 2.94. The number of thioether (sulfide) groups is 1. The SMILES string of the molecule is CCCCCCCC/C=C(/CCCCCCCC(=O)O)S/C(=C\CCCCCCCC)CCCCCCCC(=O)O. The van der Waals surface area contributed by atoms with Crippen molar-refractivity contribution < 1.29 is 19.8 Å². The summed E-state index contributed by atoms with van der Waals surface area (Å²) >= 11 is 2.04. The number of carboxylic acids is 2. The van der Waals surface area contributed by atoms with Gasteiger partial charge in [-0.1, -0.05) is 140 Å². The van der Waals surface area contributed by atoms with Crippen LogP contribution in [0.1, 0.15) is 194 Å². The average molecular weight is 595 g/mol. The van der Waals surface area contributed by atoms with Crippen LogP contribution < -0.4 is 0 Å². The van der Waals surface area contributed by atoms with Gasteiger partial charge in [-0.2, -0.15) is 0 Å². The number of hydrogen-bond acceptors (Lipinski definition) is 3. The van der Waals surface area contributed by atoms with Gasteiger partial charge in [-0.3, -0.25) is 9.59 Å². The van der Waals surface area contributed by atoms with Gasteiger partial charge < -0.3 is 10.2 Å². The Morgan fingerprint density at radius 2 is 0.732 bits per heavy atom. The molecule has 0 heterocycles. The highest BCUT2D eigenvalue weighted by Crippen LogP contribution is 2.34. The lowest BCUT2D eigenvalue weighted by Gasteiger charge is -2.12. The minimum atomic E-state index is -0.679. The molecule has 0 unspecified atom stereocenters. The van der Waals surface area contributed by atoms with Gasteiger partial charge in [-0.05, 0) is 74.0 Å². The summed E-state index contributed by atoms with van der Waals surface area (Å²) in [7, 11) is 0. The maximum Gasteiger partial charge on any atom is 0.303 e. The molecule has 0 saturated carbocycles. The molecule has 0 aromatic heterocycles. The molecule has 240 valence electrons. The number of carboxylic acid groups (broad SMARTS) is 2. The predicted octanol–water partition coefficient (Wildman–Crippen LogP) is 12.6. The fourth-order valence-corrected chi connectivity index (χ4v) is 6.38. The molecule has 2 N–H and O–H groups in total. The first-order valence-corrected chi connectivity index (χ1v) is 18.3. The van der Waals surface area contributed by atoms with Gasteiger partial charge in [-0.15, -0.1) is 0 Å². The van der Waals surface area contributed by atoms with Crippen molar-refractivity contribution in [2.24, 2.45) is 0 Å². The van der Waals surface area contributed by atoms with Gasteiger partial charge in [0, 0.05) is 12.8 Å². The molecular weight excluding hydrogens is 528 g/mol. The molecular formula is C36H66O4S. The van der Waals surface area contributed by atoms with Gasteiger partial charge in [-0.25, -0.2) is 0 Å². The van der Waals surface area contributed by atoms with E-state index in [0.29, 0.717) is 12.8 Å². The van der Waals surface area contributed by atoms with Crippen LogP contribution in [0.5, 0.6) is 0 Å². The zero-order valence-corrected chi connectivity index (χ0v) is 27.9. The standard InChI is InChI=1S/C36H66O4S/c1-3-5-7-9-11-15-21-27-33(29-23-17-13-19-25-31-35(37)38)41-34(28-22-16-12-10-8-6-4-2)30-24-18-14-20-26-32-36(39)40/h27-28H,3-26,29-32H2,1-2H3,(H,37,38)(H,39,40)/b33-27-,34-28-. The molecule has 0 atom stereocenters. The summed E-state index contributed by atoms with van der Waals surface area (Å²) in [6.07, 6.45) is 36.9. The van der Waals surface area contributed by atoms with E-state index < -0.39 is 11.9 Å². The molecule has 0 aromatic carbocycles. The highest BCUT2D eigenvalue weighted by atomic mass is 32.2. The minimum absolute atomic E-state index is 0.297. The maximum absolute atomic E-state index is 10.8. The predicted molar refractivity (Wildman–Crippen MR) is 180 cm³/mol. The molecule has 4 nitrogen and oxygen atoms in total. The summed E-state index contributed by atoms with van der Waals surface area (Å²) in [5.74, 6) is -1.36. The number of hydrogen-bond donors (Lipinski definition) is 2. The molecule has 0 spiro atoms. The largest absolute Gasteiger partial charge is 0.481 e. The number of rotatable bonds is 32. The van der Waals surface area contributed by atoms with Crippen LogP contribution >= 0.6 is 11.8 Å². The zero-order valence-electron chi connectivity index (χ0n) is 27.1. The quantitative estimate of drug-likeness (QED) is 0.0758. The van der Waals surface area contributed by atoms with Crippen LogP contribution in [0, 0.1) is 0 Å². The lowest BCUT2D eigenvalue weighted by Crippen LogP contribution is -1.93. The van der Waals surface area contributed by atoms with Crippen molar-refractivity contribution in [2.75, 3.05) is 0 Å². The Hall–Kier alpha value is -1.23. The Kier molecular flexibility index (Phi) is 30.7. The Morgan fingerprint density at radius 1 is 0.439 bits per heavy atom. The third-order valence-electron chi connectivity index (χ3n) is 7.75. The van der Waals surface area contributed by atoms with Crippen LogP contribution in [0.3, 0.4) is 0 Å². The molecule has 41 heavy (non-hydrogen) atoms. The van der Waals surface area contributed by atoms with Gasteiger partial charge in [0.1, 0.15) is 0 Å². The van der Waals surface area contributed by atoms with Crippen molar-refractivity contribution in [3.05, 3.63) is 22.0 Å². The Morgan fingerprint density at radius 3 is 1.07 bits per heavy atom. The summed E-state index contributed by atoms with van der Waals surface area (Å²) in [6, 6.07) is 0. The summed E-state index contributed by atoms with van der Waals surface area (Å²) in [6.45, 7) is 4.55. The van der Waals surface area contributed by atoms with Gasteiger partial charge in [0.15, 0.2) is 0 Å². The first-order chi connectivity index (χ1) is 20.0. The van der Waals surface area contributed by atoms with Crippen LogP contribution in [-0.2, 0) is 9.59 Å². The maximum atomic E-state index is 10.8. The number of carbonyl (C=O) groups is 2. The molecule has 0 rings (SSSR count). The van der Waals surface area contributed by atoms with Crippen molar-refractivity contribution in [1.82, 2.24) is 0 Å². The number of allylic oxidation sites excluding steroid dienone is 4. The highest BCUT2D eigenvalue weighted by Gasteiger charge is 2.06. The highest BCUT2D eigenvalue weighted by molar-refractivity contribution is 8.06. The normalized spacial score (nSPS) is 12.2. The molecule has 0 aliphatic carbocycles. The van der Waals surface area contributed by atoms with Crippen molar-refractivity contribution in [1.29, 1.82) is 0 Å². The second kappa shape index (κ2) is 31.7. The van der Waals surface area contributed by atoms with Gasteiger partial charge >= 0.3 is 11.9 Å². The number of unbranched alkanes of at least 4 members (excludes halogenated alkanes) is 20. The van der Waals surface area contributed by atoms with Crippen molar-refractivity contribution in [2.45, 2.75) is 194 Å². The molecule has 0 bridgehead atoms. The molecule has 0 amide bonds. The number of aliphatic carboxylic acids is 2. The van der Waals surface area contributed by atoms with Gasteiger partial charge in [0.25, 0.3) is 0 Å². The lowest BCUT2D eigenvalue weighted by molar-refractivity contribution is -0.138. The van der Waals surface area contributed by atoms with Crippen molar-refractivity contribution in [3.8, 4) is 0 Å². The Bertz CT molecular complexity index is 614. The summed E-state index contributed by atoms with van der Waals surface area (Å²) in [5, 5.41) is 17.7. The monoisotopic (exact) mass is 594 g/mol. The molecule has 0 aliphatic rings. The van der Waals surface area contributed by atoms with Crippen LogP contribution in [0.4, 0.5) is 0 Å². The van der Waals surface area contributed by atoms with E-state index in [0.717, 1.165) is 51.4 Å². The Balaban J connectivity index is 4.92. The molecule has 0 saturated heterocycles. The topological polar surface area (TPSA) is 74.6 Å². The minimum Gasteiger partial charge on any atom is -0.481 e. The van der Waals surface area contributed by atoms with E-state index in [1.807, 2.05) is 11.8 Å². The van der Waals surface area contributed by atoms with Crippen LogP contribution in [0.25, 0.3) is 0 Å². The second-order valence-corrected chi connectivity index (χ2v) is 13.1. The van der Waals surface area contributed by atoms with E-state index in [-0.39, 0.29) is 0 Å². The zero-order chi connectivity index (χ0) is 30.2. The van der Waals surface area contributed by atoms with E-state index in [1.165, 1.54) is 116 Å². The summed E-state index contributed by atoms with van der Waals surface area (Å²) in [5.41, 5.74) is 0. The smallest absolute Gasteiger partial charge is 0.303 e. The summed E-state index contributed by atoms with van der Waals surface area (Å²) in [4.78, 5) is 24.6. The molecule has 5 heteroatoms. The second-order valence-electron chi connectivity index (χ2n) is 11.9. The van der Waals surface area contributed by atoms with E-state index in [1.54, 1.807) is 9.81 Å². The third-order valence-corrected chi connectivity index (χ3v) is 9.02. The summed E-state index contributed by atoms with van der Waals surface area (Å²) < 4.78 is 0. The van der Waals surface area contributed by atoms with Gasteiger partial charge in [0.2, 0.25) is 0 Å². The van der Waals surface area contributed by atoms with Crippen LogP contribution in [0.2, 0.25) is 0 Å². The first kappa shape index (κ1) is 39.8. The lowest BCUT2D eigenvalue weighted by atomic mass is 10.1. The van der Waals surface area contributed by atoms with E-state index in [4.69, 9.17) is 10.2 Å². The Labute approximate surface area is 258 Å². The fourth-order valence-electron chi connectivity index (χ4n) is 5.14. The van der Waals surface area contributed by atoms with E-state index in [9.17, 15) is 9.59 Å².